The van der Waals surface area contributed by atoms with Crippen LogP contribution in [0.2, 0.25) is 0 Å². The molecule has 0 aromatic rings. The maximum Gasteiger partial charge on any atom is 0.231 e. The van der Waals surface area contributed by atoms with E-state index in [1.54, 1.807) is 4.90 Å². The number of amides is 2. The van der Waals surface area contributed by atoms with Crippen LogP contribution in [0.4, 0.5) is 0 Å². The van der Waals surface area contributed by atoms with Gasteiger partial charge >= 0.3 is 0 Å². The number of β-lactam (4-membered cyclic amide) rings is 1. The molecular formula is C16H26N2O3S. The van der Waals surface area contributed by atoms with E-state index < -0.39 is 0 Å². The van der Waals surface area contributed by atoms with E-state index in [0.717, 1.165) is 25.7 Å². The van der Waals surface area contributed by atoms with Crippen molar-refractivity contribution in [2.45, 2.75) is 58.5 Å². The minimum Gasteiger partial charge on any atom is -0.353 e. The maximum absolute atomic E-state index is 12.5. The Morgan fingerprint density at radius 1 is 1.36 bits per heavy atom. The molecule has 22 heavy (non-hydrogen) atoms. The van der Waals surface area contributed by atoms with Crippen molar-refractivity contribution in [1.29, 1.82) is 0 Å². The van der Waals surface area contributed by atoms with E-state index in [1.165, 1.54) is 6.92 Å². The van der Waals surface area contributed by atoms with Gasteiger partial charge in [-0.05, 0) is 32.6 Å². The molecule has 1 unspecified atom stereocenters. The molecular weight excluding hydrogens is 300 g/mol. The van der Waals surface area contributed by atoms with E-state index in [1.807, 2.05) is 13.8 Å². The zero-order valence-electron chi connectivity index (χ0n) is 13.6. The Morgan fingerprint density at radius 3 is 2.36 bits per heavy atom. The number of carbonyl (C=O) groups is 3. The minimum absolute atomic E-state index is 0.00363. The monoisotopic (exact) mass is 326 g/mol. The molecule has 6 heteroatoms. The van der Waals surface area contributed by atoms with Crippen LogP contribution in [0.3, 0.4) is 0 Å². The van der Waals surface area contributed by atoms with Crippen LogP contribution in [0.1, 0.15) is 46.5 Å². The third-order valence-corrected chi connectivity index (χ3v) is 5.37. The van der Waals surface area contributed by atoms with Crippen molar-refractivity contribution in [2.24, 2.45) is 11.3 Å². The maximum atomic E-state index is 12.5. The topological polar surface area (TPSA) is 66.5 Å². The number of thiol groups is 1. The van der Waals surface area contributed by atoms with Gasteiger partial charge in [0.1, 0.15) is 0 Å². The van der Waals surface area contributed by atoms with Gasteiger partial charge in [-0.25, -0.2) is 0 Å². The molecule has 2 aliphatic rings. The summed E-state index contributed by atoms with van der Waals surface area (Å²) in [6, 6.07) is -0.212. The van der Waals surface area contributed by atoms with E-state index in [4.69, 9.17) is 0 Å². The Balaban J connectivity index is 1.89. The number of ketones is 1. The smallest absolute Gasteiger partial charge is 0.231 e. The molecule has 0 aromatic carbocycles. The van der Waals surface area contributed by atoms with E-state index in [2.05, 4.69) is 17.9 Å². The summed E-state index contributed by atoms with van der Waals surface area (Å²) >= 11 is 4.18. The lowest BCUT2D eigenvalue weighted by Crippen LogP contribution is -2.67. The molecule has 5 nitrogen and oxygen atoms in total. The first kappa shape index (κ1) is 17.3. The first-order valence-electron chi connectivity index (χ1n) is 8.03. The van der Waals surface area contributed by atoms with Crippen molar-refractivity contribution in [1.82, 2.24) is 10.2 Å². The van der Waals surface area contributed by atoms with Crippen LogP contribution in [0.25, 0.3) is 0 Å². The standard InChI is InChI=1S/C16H26N2O3S/c1-10(2)14(20)17-12-4-6-16(7-5-12)9-18(15(16)21)13(8-22)11(3)19/h10,12-13,22H,4-9H2,1-3H3,(H,17,20). The largest absolute Gasteiger partial charge is 0.353 e. The molecule has 1 aliphatic carbocycles. The Hall–Kier alpha value is -1.04. The molecule has 2 fully saturated rings. The fourth-order valence-electron chi connectivity index (χ4n) is 3.43. The van der Waals surface area contributed by atoms with E-state index >= 15 is 0 Å². The zero-order valence-corrected chi connectivity index (χ0v) is 14.5. The summed E-state index contributed by atoms with van der Waals surface area (Å²) in [5, 5.41) is 3.05. The average Bonchev–Trinajstić information content (AvgIpc) is 2.48. The summed E-state index contributed by atoms with van der Waals surface area (Å²) in [6.07, 6.45) is 3.26. The Kier molecular flexibility index (Phi) is 5.20. The predicted molar refractivity (Wildman–Crippen MR) is 87.7 cm³/mol. The van der Waals surface area contributed by atoms with Crippen LogP contribution in [0, 0.1) is 11.3 Å². The number of likely N-dealkylation sites (tertiary alicyclic amines) is 1. The molecule has 1 saturated heterocycles. The number of rotatable bonds is 5. The van der Waals surface area contributed by atoms with Crippen LogP contribution in [0.15, 0.2) is 0 Å². The number of carbonyl (C=O) groups excluding carboxylic acids is 3. The molecule has 2 amide bonds. The van der Waals surface area contributed by atoms with Crippen molar-refractivity contribution in [3.63, 3.8) is 0 Å². The number of hydrogen-bond donors (Lipinski definition) is 2. The van der Waals surface area contributed by atoms with E-state index in [-0.39, 0.29) is 41.0 Å². The van der Waals surface area contributed by atoms with Crippen molar-refractivity contribution >= 4 is 30.2 Å². The molecule has 1 N–H and O–H groups in total. The molecule has 0 aromatic heterocycles. The van der Waals surface area contributed by atoms with Crippen LogP contribution < -0.4 is 5.32 Å². The normalized spacial score (nSPS) is 29.4. The first-order valence-corrected chi connectivity index (χ1v) is 8.67. The quantitative estimate of drug-likeness (QED) is 0.593. The van der Waals surface area contributed by atoms with Gasteiger partial charge in [0.15, 0.2) is 5.78 Å². The molecule has 1 heterocycles. The van der Waals surface area contributed by atoms with Crippen LogP contribution in [-0.4, -0.2) is 46.9 Å². The SMILES string of the molecule is CC(=O)C(CS)N1CC2(CCC(NC(=O)C(C)C)CC2)C1=O. The van der Waals surface area contributed by atoms with Gasteiger partial charge in [-0.3, -0.25) is 14.4 Å². The van der Waals surface area contributed by atoms with Crippen LogP contribution in [0.5, 0.6) is 0 Å². The lowest BCUT2D eigenvalue weighted by Gasteiger charge is -2.54. The highest BCUT2D eigenvalue weighted by molar-refractivity contribution is 7.80. The fraction of sp³-hybridized carbons (Fsp3) is 0.812. The third-order valence-electron chi connectivity index (χ3n) is 5.02. The van der Waals surface area contributed by atoms with Crippen molar-refractivity contribution < 1.29 is 14.4 Å². The molecule has 1 spiro atoms. The average molecular weight is 326 g/mol. The summed E-state index contributed by atoms with van der Waals surface area (Å²) in [4.78, 5) is 37.5. The van der Waals surface area contributed by atoms with Gasteiger partial charge in [0, 0.05) is 24.3 Å². The number of Topliss-reactive ketones (excluding diaryl/α,β-unsaturated/α-hetero) is 1. The summed E-state index contributed by atoms with van der Waals surface area (Å²) in [7, 11) is 0. The third kappa shape index (κ3) is 3.16. The lowest BCUT2D eigenvalue weighted by atomic mass is 9.66. The second-order valence-electron chi connectivity index (χ2n) is 6.96. The van der Waals surface area contributed by atoms with Gasteiger partial charge in [-0.15, -0.1) is 0 Å². The zero-order chi connectivity index (χ0) is 16.5. The molecule has 0 radical (unpaired) electrons. The van der Waals surface area contributed by atoms with Crippen molar-refractivity contribution in [3.05, 3.63) is 0 Å². The molecule has 1 saturated carbocycles. The van der Waals surface area contributed by atoms with Gasteiger partial charge < -0.3 is 10.2 Å². The summed E-state index contributed by atoms with van der Waals surface area (Å²) in [6.45, 7) is 5.93. The van der Waals surface area contributed by atoms with Gasteiger partial charge in [-0.1, -0.05) is 13.8 Å². The molecule has 1 atom stereocenters. The van der Waals surface area contributed by atoms with Gasteiger partial charge in [-0.2, -0.15) is 12.6 Å². The van der Waals surface area contributed by atoms with Crippen molar-refractivity contribution in [2.75, 3.05) is 12.3 Å². The highest BCUT2D eigenvalue weighted by Crippen LogP contribution is 2.46. The number of nitrogens with zero attached hydrogens (tertiary/aromatic N) is 1. The van der Waals surface area contributed by atoms with E-state index in [0.29, 0.717) is 12.3 Å². The summed E-state index contributed by atoms with van der Waals surface area (Å²) in [5.41, 5.74) is -0.296. The fourth-order valence-corrected chi connectivity index (χ4v) is 3.89. The molecule has 0 bridgehead atoms. The van der Waals surface area contributed by atoms with E-state index in [9.17, 15) is 14.4 Å². The lowest BCUT2D eigenvalue weighted by molar-refractivity contribution is -0.169. The van der Waals surface area contributed by atoms with Gasteiger partial charge in [0.05, 0.1) is 11.5 Å². The Morgan fingerprint density at radius 2 is 1.95 bits per heavy atom. The van der Waals surface area contributed by atoms with Crippen molar-refractivity contribution in [3.8, 4) is 0 Å². The van der Waals surface area contributed by atoms with Gasteiger partial charge in [0.2, 0.25) is 11.8 Å². The molecule has 2 rings (SSSR count). The van der Waals surface area contributed by atoms with Crippen LogP contribution >= 0.6 is 12.6 Å². The summed E-state index contributed by atoms with van der Waals surface area (Å²) < 4.78 is 0. The highest BCUT2D eigenvalue weighted by Gasteiger charge is 2.55. The minimum atomic E-state index is -0.389. The Bertz CT molecular complexity index is 470. The summed E-state index contributed by atoms with van der Waals surface area (Å²) in [5.74, 6) is 0.536. The first-order chi connectivity index (χ1) is 10.3. The van der Waals surface area contributed by atoms with Gasteiger partial charge in [0.25, 0.3) is 0 Å². The predicted octanol–water partition coefficient (Wildman–Crippen LogP) is 1.42. The second-order valence-corrected chi connectivity index (χ2v) is 7.33. The number of nitrogens with one attached hydrogen (secondary N) is 1. The highest BCUT2D eigenvalue weighted by atomic mass is 32.1. The molecule has 124 valence electrons. The second kappa shape index (κ2) is 6.60. The number of hydrogen-bond acceptors (Lipinski definition) is 4. The molecule has 1 aliphatic heterocycles. The van der Waals surface area contributed by atoms with Crippen LogP contribution in [-0.2, 0) is 14.4 Å². The Labute approximate surface area is 137 Å².